The fourth-order valence-corrected chi connectivity index (χ4v) is 1.69. The molecule has 6 nitrogen and oxygen atoms in total. The van der Waals surface area contributed by atoms with Crippen molar-refractivity contribution in [2.24, 2.45) is 0 Å². The van der Waals surface area contributed by atoms with Crippen LogP contribution in [0.2, 0.25) is 0 Å². The summed E-state index contributed by atoms with van der Waals surface area (Å²) in [4.78, 5) is 20.8. The van der Waals surface area contributed by atoms with Gasteiger partial charge in [-0.25, -0.2) is 9.59 Å². The van der Waals surface area contributed by atoms with E-state index in [1.807, 2.05) is 12.2 Å². The molecule has 0 bridgehead atoms. The van der Waals surface area contributed by atoms with E-state index in [9.17, 15) is 9.59 Å². The van der Waals surface area contributed by atoms with E-state index in [4.69, 9.17) is 10.2 Å². The summed E-state index contributed by atoms with van der Waals surface area (Å²) in [7, 11) is 0. The molecule has 2 aromatic rings. The van der Waals surface area contributed by atoms with Crippen molar-refractivity contribution in [2.45, 2.75) is 0 Å². The average molecular weight is 300 g/mol. The monoisotopic (exact) mass is 300 g/mol. The average Bonchev–Trinajstić information content (AvgIpc) is 2.47. The maximum absolute atomic E-state index is 10.4. The first-order valence-electron chi connectivity index (χ1n) is 6.23. The number of hydrogen-bond acceptors (Lipinski definition) is 4. The quantitative estimate of drug-likeness (QED) is 0.504. The van der Waals surface area contributed by atoms with Crippen LogP contribution in [0.15, 0.2) is 48.5 Å². The Bertz CT molecular complexity index is 624. The molecule has 0 saturated carbocycles. The minimum Gasteiger partial charge on any atom is -0.449 e. The maximum atomic E-state index is 10.4. The summed E-state index contributed by atoms with van der Waals surface area (Å²) in [5, 5.41) is 17.0. The van der Waals surface area contributed by atoms with Crippen LogP contribution in [0.5, 0.6) is 11.5 Å². The molecule has 0 spiro atoms. The van der Waals surface area contributed by atoms with Gasteiger partial charge in [-0.2, -0.15) is 0 Å². The van der Waals surface area contributed by atoms with E-state index in [1.54, 1.807) is 48.5 Å². The number of ether oxygens (including phenoxy) is 2. The third-order valence-corrected chi connectivity index (χ3v) is 2.64. The molecule has 0 aliphatic rings. The van der Waals surface area contributed by atoms with Gasteiger partial charge in [-0.1, -0.05) is 36.4 Å². The molecule has 2 N–H and O–H groups in total. The second-order valence-corrected chi connectivity index (χ2v) is 4.21. The molecular formula is C16H12O6. The zero-order chi connectivity index (χ0) is 15.9. The van der Waals surface area contributed by atoms with Crippen LogP contribution < -0.4 is 9.47 Å². The summed E-state index contributed by atoms with van der Waals surface area (Å²) < 4.78 is 9.02. The molecule has 0 aromatic heterocycles. The molecular weight excluding hydrogens is 288 g/mol. The van der Waals surface area contributed by atoms with E-state index in [1.165, 1.54) is 0 Å². The number of carboxylic acid groups (broad SMARTS) is 2. The van der Waals surface area contributed by atoms with Gasteiger partial charge in [0.15, 0.2) is 0 Å². The lowest BCUT2D eigenvalue weighted by Gasteiger charge is -2.01. The van der Waals surface area contributed by atoms with Crippen molar-refractivity contribution in [1.29, 1.82) is 0 Å². The minimum absolute atomic E-state index is 0.250. The highest BCUT2D eigenvalue weighted by atomic mass is 16.7. The van der Waals surface area contributed by atoms with E-state index < -0.39 is 12.3 Å². The summed E-state index contributed by atoms with van der Waals surface area (Å²) >= 11 is 0. The van der Waals surface area contributed by atoms with Crippen LogP contribution in [0, 0.1) is 0 Å². The van der Waals surface area contributed by atoms with Crippen molar-refractivity contribution in [3.05, 3.63) is 59.7 Å². The van der Waals surface area contributed by atoms with E-state index in [0.717, 1.165) is 11.1 Å². The lowest BCUT2D eigenvalue weighted by atomic mass is 10.1. The Morgan fingerprint density at radius 1 is 0.682 bits per heavy atom. The van der Waals surface area contributed by atoms with Crippen LogP contribution in [0.3, 0.4) is 0 Å². The fraction of sp³-hybridized carbons (Fsp3) is 0. The summed E-state index contributed by atoms with van der Waals surface area (Å²) in [6.07, 6.45) is 0.953. The van der Waals surface area contributed by atoms with Crippen LogP contribution in [0.25, 0.3) is 12.2 Å². The van der Waals surface area contributed by atoms with E-state index in [0.29, 0.717) is 0 Å². The van der Waals surface area contributed by atoms with Crippen LogP contribution in [0.4, 0.5) is 9.59 Å². The Balaban J connectivity index is 2.01. The molecule has 2 aromatic carbocycles. The molecule has 0 unspecified atom stereocenters. The van der Waals surface area contributed by atoms with Gasteiger partial charge in [-0.15, -0.1) is 0 Å². The Hall–Kier alpha value is -3.28. The predicted molar refractivity (Wildman–Crippen MR) is 79.1 cm³/mol. The van der Waals surface area contributed by atoms with Gasteiger partial charge in [0.05, 0.1) is 0 Å². The van der Waals surface area contributed by atoms with Crippen molar-refractivity contribution in [2.75, 3.05) is 0 Å². The summed E-state index contributed by atoms with van der Waals surface area (Å²) in [5.74, 6) is 0.500. The van der Waals surface area contributed by atoms with Gasteiger partial charge in [0.25, 0.3) is 0 Å². The highest BCUT2D eigenvalue weighted by Gasteiger charge is 2.00. The van der Waals surface area contributed by atoms with Gasteiger partial charge in [0.2, 0.25) is 0 Å². The lowest BCUT2D eigenvalue weighted by molar-refractivity contribution is 0.143. The fourth-order valence-electron chi connectivity index (χ4n) is 1.69. The Labute approximate surface area is 125 Å². The highest BCUT2D eigenvalue weighted by molar-refractivity contribution is 5.70. The standard InChI is InChI=1S/C16H12O6/c17-15(18)21-13-7-3-11(4-8-13)1-2-12-5-9-14(10-6-12)22-16(19)20/h1-10H,(H,17,18)(H,19,20)/b2-1+. The number of carbonyl (C=O) groups is 2. The van der Waals surface area contributed by atoms with Gasteiger partial charge >= 0.3 is 12.3 Å². The number of rotatable bonds is 4. The molecule has 0 amide bonds. The molecule has 2 rings (SSSR count). The van der Waals surface area contributed by atoms with Gasteiger partial charge in [0.1, 0.15) is 11.5 Å². The molecule has 0 saturated heterocycles. The van der Waals surface area contributed by atoms with E-state index in [2.05, 4.69) is 9.47 Å². The number of hydrogen-bond donors (Lipinski definition) is 2. The second-order valence-electron chi connectivity index (χ2n) is 4.21. The van der Waals surface area contributed by atoms with E-state index in [-0.39, 0.29) is 11.5 Å². The topological polar surface area (TPSA) is 93.1 Å². The molecule has 0 radical (unpaired) electrons. The van der Waals surface area contributed by atoms with Gasteiger partial charge in [-0.3, -0.25) is 0 Å². The van der Waals surface area contributed by atoms with Crippen molar-refractivity contribution >= 4 is 24.5 Å². The van der Waals surface area contributed by atoms with Gasteiger partial charge in [-0.05, 0) is 35.4 Å². The molecule has 0 fully saturated rings. The molecule has 22 heavy (non-hydrogen) atoms. The maximum Gasteiger partial charge on any atom is 0.511 e. The lowest BCUT2D eigenvalue weighted by Crippen LogP contribution is -2.02. The van der Waals surface area contributed by atoms with Crippen LogP contribution in [-0.4, -0.2) is 22.5 Å². The largest absolute Gasteiger partial charge is 0.511 e. The third-order valence-electron chi connectivity index (χ3n) is 2.64. The molecule has 0 heterocycles. The number of benzene rings is 2. The zero-order valence-corrected chi connectivity index (χ0v) is 11.3. The molecule has 6 heteroatoms. The first-order valence-corrected chi connectivity index (χ1v) is 6.23. The first-order chi connectivity index (χ1) is 10.5. The third kappa shape index (κ3) is 4.68. The second kappa shape index (κ2) is 6.94. The van der Waals surface area contributed by atoms with Crippen LogP contribution in [-0.2, 0) is 0 Å². The van der Waals surface area contributed by atoms with Crippen LogP contribution in [0.1, 0.15) is 11.1 Å². The smallest absolute Gasteiger partial charge is 0.449 e. The minimum atomic E-state index is -1.35. The highest BCUT2D eigenvalue weighted by Crippen LogP contribution is 2.17. The summed E-state index contributed by atoms with van der Waals surface area (Å²) in [5.41, 5.74) is 1.73. The predicted octanol–water partition coefficient (Wildman–Crippen LogP) is 3.97. The summed E-state index contributed by atoms with van der Waals surface area (Å²) in [6, 6.07) is 13.1. The van der Waals surface area contributed by atoms with Crippen molar-refractivity contribution in [3.8, 4) is 11.5 Å². The molecule has 112 valence electrons. The Morgan fingerprint density at radius 3 is 1.27 bits per heavy atom. The van der Waals surface area contributed by atoms with Gasteiger partial charge in [0, 0.05) is 0 Å². The van der Waals surface area contributed by atoms with Crippen molar-refractivity contribution < 1.29 is 29.3 Å². The Morgan fingerprint density at radius 2 is 1.00 bits per heavy atom. The SMILES string of the molecule is O=C(O)Oc1ccc(/C=C/c2ccc(OC(=O)O)cc2)cc1. The molecule has 0 aliphatic carbocycles. The zero-order valence-electron chi connectivity index (χ0n) is 11.3. The van der Waals surface area contributed by atoms with Crippen LogP contribution >= 0.6 is 0 Å². The van der Waals surface area contributed by atoms with E-state index >= 15 is 0 Å². The Kier molecular flexibility index (Phi) is 4.77. The van der Waals surface area contributed by atoms with Gasteiger partial charge < -0.3 is 19.7 Å². The van der Waals surface area contributed by atoms with Crippen molar-refractivity contribution in [3.63, 3.8) is 0 Å². The first kappa shape index (κ1) is 15.1. The molecule has 0 atom stereocenters. The normalized spacial score (nSPS) is 10.4. The molecule has 0 aliphatic heterocycles. The van der Waals surface area contributed by atoms with Crippen molar-refractivity contribution in [1.82, 2.24) is 0 Å². The summed E-state index contributed by atoms with van der Waals surface area (Å²) in [6.45, 7) is 0.